The molecule has 0 aliphatic carbocycles. The second-order valence-electron chi connectivity index (χ2n) is 4.35. The summed E-state index contributed by atoms with van der Waals surface area (Å²) in [4.78, 5) is 8.50. The fourth-order valence-corrected chi connectivity index (χ4v) is 3.66. The van der Waals surface area contributed by atoms with Gasteiger partial charge in [0.05, 0.1) is 0 Å². The molecule has 0 amide bonds. The number of thioether (sulfide) groups is 1. The second kappa shape index (κ2) is 7.19. The average molecular weight is 331 g/mol. The first kappa shape index (κ1) is 13.9. The van der Waals surface area contributed by atoms with Crippen molar-refractivity contribution in [2.45, 2.75) is 19.8 Å². The lowest BCUT2D eigenvalue weighted by atomic mass is 10.0. The van der Waals surface area contributed by atoms with Crippen molar-refractivity contribution in [1.82, 2.24) is 9.97 Å². The Morgan fingerprint density at radius 3 is 2.61 bits per heavy atom. The summed E-state index contributed by atoms with van der Waals surface area (Å²) < 4.78 is 0.928. The zero-order valence-corrected chi connectivity index (χ0v) is 13.0. The predicted octanol–water partition coefficient (Wildman–Crippen LogP) is 3.23. The van der Waals surface area contributed by atoms with Gasteiger partial charge in [-0.25, -0.2) is 9.97 Å². The molecule has 1 fully saturated rings. The maximum Gasteiger partial charge on any atom is 0.145 e. The van der Waals surface area contributed by atoms with E-state index in [2.05, 4.69) is 55.2 Å². The first-order valence-electron chi connectivity index (χ1n) is 6.37. The molecule has 1 aliphatic heterocycles. The van der Waals surface area contributed by atoms with E-state index in [-0.39, 0.29) is 0 Å². The predicted molar refractivity (Wildman–Crippen MR) is 82.4 cm³/mol. The lowest BCUT2D eigenvalue weighted by molar-refractivity contribution is 0.515. The van der Waals surface area contributed by atoms with Crippen LogP contribution >= 0.6 is 27.7 Å². The van der Waals surface area contributed by atoms with Crippen LogP contribution in [0.5, 0.6) is 0 Å². The highest BCUT2D eigenvalue weighted by Crippen LogP contribution is 2.28. The molecule has 6 heteroatoms. The third-order valence-corrected chi connectivity index (χ3v) is 4.83. The Balaban J connectivity index is 1.93. The number of nitrogens with one attached hydrogen (secondary N) is 2. The van der Waals surface area contributed by atoms with Crippen LogP contribution in [0.25, 0.3) is 0 Å². The van der Waals surface area contributed by atoms with E-state index in [1.807, 2.05) is 0 Å². The average Bonchev–Trinajstić information content (AvgIpc) is 2.41. The highest BCUT2D eigenvalue weighted by Gasteiger charge is 2.15. The van der Waals surface area contributed by atoms with Crippen LogP contribution in [0.2, 0.25) is 0 Å². The SMILES string of the molecule is CCNc1ncnc(NCC2CCSCC2)c1Br. The number of rotatable bonds is 5. The number of anilines is 2. The molecule has 18 heavy (non-hydrogen) atoms. The maximum absolute atomic E-state index is 4.29. The minimum Gasteiger partial charge on any atom is -0.369 e. The molecule has 1 aliphatic rings. The van der Waals surface area contributed by atoms with Gasteiger partial charge in [0.1, 0.15) is 22.4 Å². The Morgan fingerprint density at radius 1 is 1.28 bits per heavy atom. The van der Waals surface area contributed by atoms with Gasteiger partial charge in [-0.3, -0.25) is 0 Å². The van der Waals surface area contributed by atoms with Gasteiger partial charge in [0.2, 0.25) is 0 Å². The third-order valence-electron chi connectivity index (χ3n) is 3.03. The van der Waals surface area contributed by atoms with E-state index >= 15 is 0 Å². The normalized spacial score (nSPS) is 16.6. The van der Waals surface area contributed by atoms with E-state index in [0.717, 1.165) is 35.1 Å². The lowest BCUT2D eigenvalue weighted by Crippen LogP contribution is -2.20. The van der Waals surface area contributed by atoms with Crippen molar-refractivity contribution in [3.05, 3.63) is 10.8 Å². The molecule has 2 rings (SSSR count). The standard InChI is InChI=1S/C12H19BrN4S/c1-2-14-11-10(13)12(17-8-16-11)15-7-9-3-5-18-6-4-9/h8-9H,2-7H2,1H3,(H2,14,15,16,17). The van der Waals surface area contributed by atoms with Gasteiger partial charge in [-0.1, -0.05) is 0 Å². The molecule has 2 heterocycles. The summed E-state index contributed by atoms with van der Waals surface area (Å²) >= 11 is 5.61. The Bertz CT molecular complexity index is 382. The van der Waals surface area contributed by atoms with Gasteiger partial charge < -0.3 is 10.6 Å². The van der Waals surface area contributed by atoms with Crippen molar-refractivity contribution in [3.63, 3.8) is 0 Å². The van der Waals surface area contributed by atoms with Crippen molar-refractivity contribution in [3.8, 4) is 0 Å². The fourth-order valence-electron chi connectivity index (χ4n) is 1.98. The van der Waals surface area contributed by atoms with E-state index in [0.29, 0.717) is 0 Å². The highest BCUT2D eigenvalue weighted by molar-refractivity contribution is 9.10. The quantitative estimate of drug-likeness (QED) is 0.868. The van der Waals surface area contributed by atoms with Crippen LogP contribution in [0.4, 0.5) is 11.6 Å². The molecule has 1 saturated heterocycles. The molecular formula is C12H19BrN4S. The molecule has 0 aromatic carbocycles. The number of aromatic nitrogens is 2. The van der Waals surface area contributed by atoms with Crippen molar-refractivity contribution < 1.29 is 0 Å². The Morgan fingerprint density at radius 2 is 1.94 bits per heavy atom. The number of hydrogen-bond acceptors (Lipinski definition) is 5. The van der Waals surface area contributed by atoms with Gasteiger partial charge in [0.25, 0.3) is 0 Å². The van der Waals surface area contributed by atoms with Crippen LogP contribution in [0.15, 0.2) is 10.8 Å². The molecule has 0 saturated carbocycles. The number of halogens is 1. The Kier molecular flexibility index (Phi) is 5.56. The minimum atomic E-state index is 0.774. The zero-order valence-electron chi connectivity index (χ0n) is 10.6. The van der Waals surface area contributed by atoms with Gasteiger partial charge in [-0.05, 0) is 53.1 Å². The van der Waals surface area contributed by atoms with Gasteiger partial charge in [0, 0.05) is 13.1 Å². The van der Waals surface area contributed by atoms with Crippen molar-refractivity contribution in [2.75, 3.05) is 35.2 Å². The molecule has 4 nitrogen and oxygen atoms in total. The largest absolute Gasteiger partial charge is 0.369 e. The molecular weight excluding hydrogens is 312 g/mol. The molecule has 100 valence electrons. The van der Waals surface area contributed by atoms with Crippen LogP contribution in [0, 0.1) is 5.92 Å². The summed E-state index contributed by atoms with van der Waals surface area (Å²) in [5.41, 5.74) is 0. The molecule has 0 unspecified atom stereocenters. The summed E-state index contributed by atoms with van der Waals surface area (Å²) in [6.07, 6.45) is 4.21. The van der Waals surface area contributed by atoms with Gasteiger partial charge in [-0.15, -0.1) is 0 Å². The molecule has 1 aromatic heterocycles. The molecule has 0 radical (unpaired) electrons. The first-order valence-corrected chi connectivity index (χ1v) is 8.32. The maximum atomic E-state index is 4.29. The van der Waals surface area contributed by atoms with E-state index in [4.69, 9.17) is 0 Å². The smallest absolute Gasteiger partial charge is 0.145 e. The Labute approximate surface area is 121 Å². The number of hydrogen-bond donors (Lipinski definition) is 2. The van der Waals surface area contributed by atoms with Crippen LogP contribution < -0.4 is 10.6 Å². The number of nitrogens with zero attached hydrogens (tertiary/aromatic N) is 2. The fraction of sp³-hybridized carbons (Fsp3) is 0.667. The van der Waals surface area contributed by atoms with E-state index < -0.39 is 0 Å². The summed E-state index contributed by atoms with van der Waals surface area (Å²) in [5, 5.41) is 6.65. The monoisotopic (exact) mass is 330 g/mol. The van der Waals surface area contributed by atoms with Crippen molar-refractivity contribution in [1.29, 1.82) is 0 Å². The zero-order chi connectivity index (χ0) is 12.8. The first-order chi connectivity index (χ1) is 8.81. The van der Waals surface area contributed by atoms with E-state index in [1.54, 1.807) is 6.33 Å². The van der Waals surface area contributed by atoms with E-state index in [9.17, 15) is 0 Å². The van der Waals surface area contributed by atoms with Crippen LogP contribution in [-0.4, -0.2) is 34.6 Å². The van der Waals surface area contributed by atoms with Gasteiger partial charge in [-0.2, -0.15) is 11.8 Å². The summed E-state index contributed by atoms with van der Waals surface area (Å²) in [6.45, 7) is 3.91. The summed E-state index contributed by atoms with van der Waals surface area (Å²) in [7, 11) is 0. The van der Waals surface area contributed by atoms with Crippen molar-refractivity contribution >= 4 is 39.3 Å². The Hall–Kier alpha value is -0.490. The van der Waals surface area contributed by atoms with Crippen LogP contribution in [0.1, 0.15) is 19.8 Å². The van der Waals surface area contributed by atoms with Crippen LogP contribution in [0.3, 0.4) is 0 Å². The molecule has 0 atom stereocenters. The topological polar surface area (TPSA) is 49.8 Å². The van der Waals surface area contributed by atoms with E-state index in [1.165, 1.54) is 24.3 Å². The molecule has 0 spiro atoms. The lowest BCUT2D eigenvalue weighted by Gasteiger charge is -2.22. The van der Waals surface area contributed by atoms with Crippen molar-refractivity contribution in [2.24, 2.45) is 5.92 Å². The molecule has 1 aromatic rings. The summed E-state index contributed by atoms with van der Waals surface area (Å²) in [5.74, 6) is 5.10. The molecule has 2 N–H and O–H groups in total. The summed E-state index contributed by atoms with van der Waals surface area (Å²) in [6, 6.07) is 0. The third kappa shape index (κ3) is 3.75. The minimum absolute atomic E-state index is 0.774. The van der Waals surface area contributed by atoms with Gasteiger partial charge >= 0.3 is 0 Å². The molecule has 0 bridgehead atoms. The second-order valence-corrected chi connectivity index (χ2v) is 6.37. The highest BCUT2D eigenvalue weighted by atomic mass is 79.9. The van der Waals surface area contributed by atoms with Gasteiger partial charge in [0.15, 0.2) is 0 Å². The van der Waals surface area contributed by atoms with Crippen LogP contribution in [-0.2, 0) is 0 Å².